The predicted octanol–water partition coefficient (Wildman–Crippen LogP) is 0.941. The summed E-state index contributed by atoms with van der Waals surface area (Å²) in [5.41, 5.74) is 5.43. The highest BCUT2D eigenvalue weighted by Crippen LogP contribution is 2.04. The largest absolute Gasteiger partial charge is 0.466 e. The maximum atomic E-state index is 11.1. The van der Waals surface area contributed by atoms with Gasteiger partial charge in [0, 0.05) is 26.6 Å². The molecule has 1 unspecified atom stereocenters. The average molecular weight is 203 g/mol. The summed E-state index contributed by atoms with van der Waals surface area (Å²) in [5.74, 6) is 0.253. The van der Waals surface area contributed by atoms with Gasteiger partial charge < -0.3 is 15.2 Å². The summed E-state index contributed by atoms with van der Waals surface area (Å²) in [7, 11) is 1.63. The molecule has 0 aromatic rings. The molecule has 14 heavy (non-hydrogen) atoms. The second-order valence-corrected chi connectivity index (χ2v) is 3.45. The van der Waals surface area contributed by atoms with E-state index in [1.54, 1.807) is 7.11 Å². The fraction of sp³-hybridized carbons (Fsp3) is 0.900. The molecule has 0 saturated heterocycles. The van der Waals surface area contributed by atoms with E-state index in [-0.39, 0.29) is 5.97 Å². The lowest BCUT2D eigenvalue weighted by Gasteiger charge is -2.07. The average Bonchev–Trinajstić information content (AvgIpc) is 2.21. The van der Waals surface area contributed by atoms with E-state index >= 15 is 0 Å². The van der Waals surface area contributed by atoms with E-state index in [2.05, 4.69) is 0 Å². The highest BCUT2D eigenvalue weighted by Gasteiger charge is 2.05. The van der Waals surface area contributed by atoms with Gasteiger partial charge >= 0.3 is 5.97 Å². The van der Waals surface area contributed by atoms with Crippen molar-refractivity contribution < 1.29 is 14.3 Å². The van der Waals surface area contributed by atoms with Crippen molar-refractivity contribution in [2.75, 3.05) is 26.9 Å². The van der Waals surface area contributed by atoms with Crippen molar-refractivity contribution >= 4 is 5.97 Å². The van der Waals surface area contributed by atoms with Gasteiger partial charge in [0.05, 0.1) is 6.61 Å². The van der Waals surface area contributed by atoms with Gasteiger partial charge in [-0.2, -0.15) is 0 Å². The Kier molecular flexibility index (Phi) is 8.57. The van der Waals surface area contributed by atoms with Crippen LogP contribution < -0.4 is 5.73 Å². The van der Waals surface area contributed by atoms with Crippen molar-refractivity contribution in [3.05, 3.63) is 0 Å². The van der Waals surface area contributed by atoms with Crippen molar-refractivity contribution in [1.29, 1.82) is 0 Å². The van der Waals surface area contributed by atoms with Crippen molar-refractivity contribution in [3.8, 4) is 0 Å². The van der Waals surface area contributed by atoms with Crippen LogP contribution in [0.1, 0.15) is 26.2 Å². The number of hydrogen-bond acceptors (Lipinski definition) is 4. The fourth-order valence-corrected chi connectivity index (χ4v) is 0.944. The van der Waals surface area contributed by atoms with Gasteiger partial charge in [0.15, 0.2) is 0 Å². The Morgan fingerprint density at radius 3 is 2.71 bits per heavy atom. The maximum absolute atomic E-state index is 11.1. The van der Waals surface area contributed by atoms with Crippen LogP contribution in [0.15, 0.2) is 0 Å². The lowest BCUT2D eigenvalue weighted by molar-refractivity contribution is -0.144. The number of carbonyl (C=O) groups is 1. The van der Waals surface area contributed by atoms with Crippen LogP contribution in [0.2, 0.25) is 0 Å². The molecule has 0 amide bonds. The first-order valence-corrected chi connectivity index (χ1v) is 5.05. The molecule has 2 N–H and O–H groups in total. The fourth-order valence-electron chi connectivity index (χ4n) is 0.944. The Hall–Kier alpha value is -0.610. The van der Waals surface area contributed by atoms with E-state index in [1.807, 2.05) is 6.92 Å². The quantitative estimate of drug-likeness (QED) is 0.471. The molecule has 0 radical (unpaired) electrons. The van der Waals surface area contributed by atoms with Crippen molar-refractivity contribution in [2.45, 2.75) is 26.2 Å². The predicted molar refractivity (Wildman–Crippen MR) is 54.9 cm³/mol. The van der Waals surface area contributed by atoms with Crippen LogP contribution in [-0.4, -0.2) is 32.8 Å². The lowest BCUT2D eigenvalue weighted by atomic mass is 10.1. The van der Waals surface area contributed by atoms with Crippen LogP contribution in [0.5, 0.6) is 0 Å². The lowest BCUT2D eigenvalue weighted by Crippen LogP contribution is -2.14. The van der Waals surface area contributed by atoms with E-state index in [1.165, 1.54) is 0 Å². The van der Waals surface area contributed by atoms with Crippen molar-refractivity contribution in [3.63, 3.8) is 0 Å². The minimum atomic E-state index is -0.138. The normalized spacial score (nSPS) is 12.5. The zero-order chi connectivity index (χ0) is 10.8. The van der Waals surface area contributed by atoms with Gasteiger partial charge in [-0.05, 0) is 18.9 Å². The number of carbonyl (C=O) groups excluding carboxylic acids is 1. The Morgan fingerprint density at radius 1 is 1.43 bits per heavy atom. The molecule has 0 heterocycles. The first-order valence-electron chi connectivity index (χ1n) is 5.05. The van der Waals surface area contributed by atoms with Crippen LogP contribution in [0, 0.1) is 5.92 Å². The smallest absolute Gasteiger partial charge is 0.305 e. The van der Waals surface area contributed by atoms with Crippen LogP contribution in [0.4, 0.5) is 0 Å². The molecule has 0 aromatic carbocycles. The molecule has 0 fully saturated rings. The molecule has 1 atom stereocenters. The standard InChI is InChI=1S/C10H21NO3/c1-9(8-11)4-5-10(12)14-7-3-6-13-2/h9H,3-8,11H2,1-2H3. The summed E-state index contributed by atoms with van der Waals surface area (Å²) < 4.78 is 9.81. The van der Waals surface area contributed by atoms with E-state index < -0.39 is 0 Å². The molecule has 0 saturated carbocycles. The van der Waals surface area contributed by atoms with Crippen molar-refractivity contribution in [1.82, 2.24) is 0 Å². The first kappa shape index (κ1) is 13.4. The Bertz CT molecular complexity index is 150. The van der Waals surface area contributed by atoms with Crippen LogP contribution >= 0.6 is 0 Å². The molecule has 0 spiro atoms. The highest BCUT2D eigenvalue weighted by molar-refractivity contribution is 5.69. The first-order chi connectivity index (χ1) is 6.70. The molecular formula is C10H21NO3. The number of methoxy groups -OCH3 is 1. The van der Waals surface area contributed by atoms with Gasteiger partial charge in [0.2, 0.25) is 0 Å². The van der Waals surface area contributed by atoms with E-state index in [0.717, 1.165) is 12.8 Å². The number of hydrogen-bond donors (Lipinski definition) is 1. The number of esters is 1. The molecule has 0 aliphatic heterocycles. The molecule has 0 rings (SSSR count). The zero-order valence-electron chi connectivity index (χ0n) is 9.12. The summed E-state index contributed by atoms with van der Waals surface area (Å²) in [4.78, 5) is 11.1. The molecule has 4 heteroatoms. The van der Waals surface area contributed by atoms with E-state index in [4.69, 9.17) is 15.2 Å². The van der Waals surface area contributed by atoms with Gasteiger partial charge in [-0.1, -0.05) is 6.92 Å². The van der Waals surface area contributed by atoms with Crippen LogP contribution in [0.3, 0.4) is 0 Å². The second kappa shape index (κ2) is 8.97. The molecule has 4 nitrogen and oxygen atoms in total. The van der Waals surface area contributed by atoms with Crippen LogP contribution in [0.25, 0.3) is 0 Å². The van der Waals surface area contributed by atoms with Gasteiger partial charge in [-0.25, -0.2) is 0 Å². The third kappa shape index (κ3) is 8.01. The number of ether oxygens (including phenoxy) is 2. The molecular weight excluding hydrogens is 182 g/mol. The SMILES string of the molecule is COCCCOC(=O)CCC(C)CN. The Labute approximate surface area is 85.8 Å². The minimum Gasteiger partial charge on any atom is -0.466 e. The van der Waals surface area contributed by atoms with Gasteiger partial charge in [0.25, 0.3) is 0 Å². The monoisotopic (exact) mass is 203 g/mol. The van der Waals surface area contributed by atoms with E-state index in [0.29, 0.717) is 32.1 Å². The molecule has 0 aromatic heterocycles. The Morgan fingerprint density at radius 2 is 2.14 bits per heavy atom. The summed E-state index contributed by atoms with van der Waals surface area (Å²) in [5, 5.41) is 0. The highest BCUT2D eigenvalue weighted by atomic mass is 16.5. The third-order valence-corrected chi connectivity index (χ3v) is 2.00. The molecule has 0 aliphatic carbocycles. The summed E-state index contributed by atoms with van der Waals surface area (Å²) in [6.45, 7) is 3.73. The van der Waals surface area contributed by atoms with E-state index in [9.17, 15) is 4.79 Å². The minimum absolute atomic E-state index is 0.138. The second-order valence-electron chi connectivity index (χ2n) is 3.45. The van der Waals surface area contributed by atoms with Gasteiger partial charge in [0.1, 0.15) is 0 Å². The molecule has 84 valence electrons. The van der Waals surface area contributed by atoms with Gasteiger partial charge in [-0.15, -0.1) is 0 Å². The Balaban J connectivity index is 3.28. The molecule has 0 bridgehead atoms. The van der Waals surface area contributed by atoms with Crippen molar-refractivity contribution in [2.24, 2.45) is 11.7 Å². The van der Waals surface area contributed by atoms with Crippen LogP contribution in [-0.2, 0) is 14.3 Å². The topological polar surface area (TPSA) is 61.5 Å². The summed E-state index contributed by atoms with van der Waals surface area (Å²) >= 11 is 0. The summed E-state index contributed by atoms with van der Waals surface area (Å²) in [6.07, 6.45) is 2.03. The third-order valence-electron chi connectivity index (χ3n) is 2.00. The summed E-state index contributed by atoms with van der Waals surface area (Å²) in [6, 6.07) is 0. The molecule has 0 aliphatic rings. The van der Waals surface area contributed by atoms with Gasteiger partial charge in [-0.3, -0.25) is 4.79 Å². The number of rotatable bonds is 8. The number of nitrogens with two attached hydrogens (primary N) is 1. The zero-order valence-corrected chi connectivity index (χ0v) is 9.12. The maximum Gasteiger partial charge on any atom is 0.305 e.